The molecule has 28 heavy (non-hydrogen) atoms. The van der Waals surface area contributed by atoms with Crippen molar-refractivity contribution < 1.29 is 19.1 Å². The van der Waals surface area contributed by atoms with Gasteiger partial charge in [0.05, 0.1) is 0 Å². The molecule has 0 aliphatic carbocycles. The van der Waals surface area contributed by atoms with Gasteiger partial charge in [-0.1, -0.05) is 30.3 Å². The van der Waals surface area contributed by atoms with Crippen LogP contribution in [-0.2, 0) is 16.0 Å². The molecule has 4 amide bonds. The Morgan fingerprint density at radius 3 is 2.32 bits per heavy atom. The first-order valence-electron chi connectivity index (χ1n) is 9.44. The first kappa shape index (κ1) is 23.3. The molecule has 0 heterocycles. The van der Waals surface area contributed by atoms with Gasteiger partial charge in [0.25, 0.3) is 0 Å². The number of nitrogens with two attached hydrogens (primary N) is 1. The van der Waals surface area contributed by atoms with Gasteiger partial charge in [-0.25, -0.2) is 9.59 Å². The van der Waals surface area contributed by atoms with Crippen molar-refractivity contribution in [2.75, 3.05) is 6.54 Å². The maximum absolute atomic E-state index is 12.7. The number of alkyl carbamates (subject to hydrolysis) is 1. The van der Waals surface area contributed by atoms with E-state index in [1.54, 1.807) is 20.8 Å². The lowest BCUT2D eigenvalue weighted by molar-refractivity contribution is -0.124. The Balaban J connectivity index is 2.65. The van der Waals surface area contributed by atoms with Crippen molar-refractivity contribution in [3.8, 4) is 0 Å². The molecular weight excluding hydrogens is 360 g/mol. The molecule has 8 nitrogen and oxygen atoms in total. The highest BCUT2D eigenvalue weighted by Crippen LogP contribution is 2.08. The van der Waals surface area contributed by atoms with Crippen molar-refractivity contribution in [1.29, 1.82) is 0 Å². The quantitative estimate of drug-likeness (QED) is 0.481. The SMILES string of the molecule is CC(Cc1ccccc1)NC(=O)C(CCCNC(N)=O)NC(=O)OC(C)(C)C. The number of hydrogen-bond acceptors (Lipinski definition) is 4. The van der Waals surface area contributed by atoms with Crippen molar-refractivity contribution >= 4 is 18.0 Å². The number of benzene rings is 1. The number of amides is 4. The summed E-state index contributed by atoms with van der Waals surface area (Å²) in [4.78, 5) is 35.5. The molecular formula is C20H32N4O4. The summed E-state index contributed by atoms with van der Waals surface area (Å²) < 4.78 is 5.24. The van der Waals surface area contributed by atoms with Crippen LogP contribution in [0.4, 0.5) is 9.59 Å². The second kappa shape index (κ2) is 11.2. The molecule has 8 heteroatoms. The lowest BCUT2D eigenvalue weighted by atomic mass is 10.1. The molecule has 1 aromatic carbocycles. The molecule has 0 saturated heterocycles. The van der Waals surface area contributed by atoms with E-state index < -0.39 is 23.8 Å². The number of urea groups is 1. The molecule has 2 unspecified atom stereocenters. The predicted molar refractivity (Wildman–Crippen MR) is 108 cm³/mol. The van der Waals surface area contributed by atoms with E-state index in [1.807, 2.05) is 37.3 Å². The monoisotopic (exact) mass is 392 g/mol. The molecule has 1 rings (SSSR count). The summed E-state index contributed by atoms with van der Waals surface area (Å²) in [6.45, 7) is 7.47. The van der Waals surface area contributed by atoms with E-state index >= 15 is 0 Å². The molecule has 2 atom stereocenters. The third-order valence-corrected chi connectivity index (χ3v) is 3.75. The Morgan fingerprint density at radius 2 is 1.75 bits per heavy atom. The Kier molecular flexibility index (Phi) is 9.27. The van der Waals surface area contributed by atoms with E-state index in [0.29, 0.717) is 25.8 Å². The minimum atomic E-state index is -0.775. The highest BCUT2D eigenvalue weighted by molar-refractivity contribution is 5.85. The highest BCUT2D eigenvalue weighted by Gasteiger charge is 2.25. The van der Waals surface area contributed by atoms with E-state index in [-0.39, 0.29) is 11.9 Å². The maximum atomic E-state index is 12.7. The van der Waals surface area contributed by atoms with Crippen LogP contribution in [0, 0.1) is 0 Å². The topological polar surface area (TPSA) is 123 Å². The van der Waals surface area contributed by atoms with Crippen LogP contribution in [0.2, 0.25) is 0 Å². The summed E-state index contributed by atoms with van der Waals surface area (Å²) in [5.41, 5.74) is 5.48. The van der Waals surface area contributed by atoms with Gasteiger partial charge in [0.1, 0.15) is 11.6 Å². The van der Waals surface area contributed by atoms with Gasteiger partial charge in [0, 0.05) is 12.6 Å². The third kappa shape index (κ3) is 10.4. The van der Waals surface area contributed by atoms with Gasteiger partial charge in [0.2, 0.25) is 5.91 Å². The third-order valence-electron chi connectivity index (χ3n) is 3.75. The summed E-state index contributed by atoms with van der Waals surface area (Å²) in [6, 6.07) is 8.31. The fourth-order valence-electron chi connectivity index (χ4n) is 2.60. The molecule has 0 saturated carbocycles. The summed E-state index contributed by atoms with van der Waals surface area (Å²) in [6.07, 6.45) is 0.827. The first-order chi connectivity index (χ1) is 13.1. The minimum Gasteiger partial charge on any atom is -0.444 e. The van der Waals surface area contributed by atoms with Gasteiger partial charge < -0.3 is 26.4 Å². The van der Waals surface area contributed by atoms with Crippen LogP contribution in [-0.4, -0.2) is 42.3 Å². The van der Waals surface area contributed by atoms with E-state index in [9.17, 15) is 14.4 Å². The molecule has 0 spiro atoms. The molecule has 0 radical (unpaired) electrons. The van der Waals surface area contributed by atoms with E-state index in [4.69, 9.17) is 10.5 Å². The molecule has 5 N–H and O–H groups in total. The maximum Gasteiger partial charge on any atom is 0.408 e. The Bertz CT molecular complexity index is 643. The number of ether oxygens (including phenoxy) is 1. The molecule has 1 aromatic rings. The van der Waals surface area contributed by atoms with Crippen LogP contribution in [0.5, 0.6) is 0 Å². The number of primary amides is 1. The smallest absolute Gasteiger partial charge is 0.408 e. The summed E-state index contributed by atoms with van der Waals surface area (Å²) >= 11 is 0. The molecule has 0 aliphatic heterocycles. The van der Waals surface area contributed by atoms with E-state index in [1.165, 1.54) is 0 Å². The second-order valence-electron chi connectivity index (χ2n) is 7.73. The van der Waals surface area contributed by atoms with E-state index in [2.05, 4.69) is 16.0 Å². The molecule has 0 aliphatic rings. The Morgan fingerprint density at radius 1 is 1.11 bits per heavy atom. The minimum absolute atomic E-state index is 0.110. The summed E-state index contributed by atoms with van der Waals surface area (Å²) in [5, 5.41) is 8.01. The van der Waals surface area contributed by atoms with Gasteiger partial charge in [-0.05, 0) is 52.5 Å². The average molecular weight is 393 g/mol. The Hall–Kier alpha value is -2.77. The van der Waals surface area contributed by atoms with Crippen molar-refractivity contribution in [3.05, 3.63) is 35.9 Å². The normalized spacial score (nSPS) is 13.1. The second-order valence-corrected chi connectivity index (χ2v) is 7.73. The number of rotatable bonds is 9. The molecule has 0 bridgehead atoms. The van der Waals surface area contributed by atoms with Crippen LogP contribution in [0.3, 0.4) is 0 Å². The number of hydrogen-bond donors (Lipinski definition) is 4. The molecule has 0 fully saturated rings. The van der Waals surface area contributed by atoms with Gasteiger partial charge in [0.15, 0.2) is 0 Å². The van der Waals surface area contributed by atoms with Gasteiger partial charge in [-0.3, -0.25) is 4.79 Å². The van der Waals surface area contributed by atoms with Crippen molar-refractivity contribution in [1.82, 2.24) is 16.0 Å². The molecule has 0 aromatic heterocycles. The standard InChI is InChI=1S/C20H32N4O4/c1-14(13-15-9-6-5-7-10-15)23-17(25)16(11-8-12-22-18(21)26)24-19(27)28-20(2,3)4/h5-7,9-10,14,16H,8,11-13H2,1-4H3,(H,23,25)(H,24,27)(H3,21,22,26). The summed E-state index contributed by atoms with van der Waals surface area (Å²) in [5.74, 6) is -0.298. The number of carbonyl (C=O) groups excluding carboxylic acids is 3. The van der Waals surface area contributed by atoms with Crippen LogP contribution in [0.15, 0.2) is 30.3 Å². The largest absolute Gasteiger partial charge is 0.444 e. The number of nitrogens with one attached hydrogen (secondary N) is 3. The zero-order valence-corrected chi connectivity index (χ0v) is 17.1. The van der Waals surface area contributed by atoms with E-state index in [0.717, 1.165) is 5.56 Å². The zero-order chi connectivity index (χ0) is 21.2. The lowest BCUT2D eigenvalue weighted by Gasteiger charge is -2.24. The summed E-state index contributed by atoms with van der Waals surface area (Å²) in [7, 11) is 0. The first-order valence-corrected chi connectivity index (χ1v) is 9.44. The van der Waals surface area contributed by atoms with Crippen LogP contribution >= 0.6 is 0 Å². The fourth-order valence-corrected chi connectivity index (χ4v) is 2.60. The van der Waals surface area contributed by atoms with Crippen LogP contribution in [0.25, 0.3) is 0 Å². The zero-order valence-electron chi connectivity index (χ0n) is 17.1. The number of carbonyl (C=O) groups is 3. The van der Waals surface area contributed by atoms with Crippen LogP contribution in [0.1, 0.15) is 46.1 Å². The van der Waals surface area contributed by atoms with Crippen molar-refractivity contribution in [2.24, 2.45) is 5.73 Å². The van der Waals surface area contributed by atoms with Gasteiger partial charge >= 0.3 is 12.1 Å². The van der Waals surface area contributed by atoms with Crippen molar-refractivity contribution in [2.45, 2.75) is 64.6 Å². The predicted octanol–water partition coefficient (Wildman–Crippen LogP) is 2.08. The lowest BCUT2D eigenvalue weighted by Crippen LogP contribution is -2.50. The Labute approximate surface area is 166 Å². The van der Waals surface area contributed by atoms with Crippen molar-refractivity contribution in [3.63, 3.8) is 0 Å². The highest BCUT2D eigenvalue weighted by atomic mass is 16.6. The van der Waals surface area contributed by atoms with Crippen LogP contribution < -0.4 is 21.7 Å². The fraction of sp³-hybridized carbons (Fsp3) is 0.550. The van der Waals surface area contributed by atoms with Gasteiger partial charge in [-0.15, -0.1) is 0 Å². The van der Waals surface area contributed by atoms with Gasteiger partial charge in [-0.2, -0.15) is 0 Å². The average Bonchev–Trinajstić information content (AvgIpc) is 2.56. The molecule has 156 valence electrons.